The fourth-order valence-electron chi connectivity index (χ4n) is 3.17. The number of carbonyl (C=O) groups is 1. The van der Waals surface area contributed by atoms with E-state index in [4.69, 9.17) is 4.74 Å². The maximum absolute atomic E-state index is 12.8. The highest BCUT2D eigenvalue weighted by Gasteiger charge is 2.30. The van der Waals surface area contributed by atoms with Crippen molar-refractivity contribution >= 4 is 15.9 Å². The molecule has 1 saturated heterocycles. The monoisotopic (exact) mass is 442 g/mol. The van der Waals surface area contributed by atoms with Crippen LogP contribution < -0.4 is 10.1 Å². The summed E-state index contributed by atoms with van der Waals surface area (Å²) in [6.45, 7) is 0.672. The fraction of sp³-hybridized carbons (Fsp3) is 0.350. The van der Waals surface area contributed by atoms with Crippen LogP contribution in [0.3, 0.4) is 0 Å². The maximum Gasteiger partial charge on any atom is 0.416 e. The number of sulfonamides is 1. The predicted molar refractivity (Wildman–Crippen MR) is 105 cm³/mol. The fourth-order valence-corrected chi connectivity index (χ4v) is 4.05. The molecule has 1 amide bonds. The summed E-state index contributed by atoms with van der Waals surface area (Å²) < 4.78 is 68.5. The van der Waals surface area contributed by atoms with Gasteiger partial charge < -0.3 is 10.1 Å². The number of carbonyl (C=O) groups excluding carboxylic acids is 1. The van der Waals surface area contributed by atoms with Crippen LogP contribution in [-0.2, 0) is 16.2 Å². The van der Waals surface area contributed by atoms with Crippen molar-refractivity contribution in [2.24, 2.45) is 0 Å². The summed E-state index contributed by atoms with van der Waals surface area (Å²) >= 11 is 0. The highest BCUT2D eigenvalue weighted by molar-refractivity contribution is 7.88. The van der Waals surface area contributed by atoms with Crippen LogP contribution in [0, 0.1) is 0 Å². The van der Waals surface area contributed by atoms with E-state index >= 15 is 0 Å². The Bertz CT molecular complexity index is 1020. The molecule has 1 aliphatic heterocycles. The van der Waals surface area contributed by atoms with Gasteiger partial charge in [-0.15, -0.1) is 0 Å². The number of amides is 1. The summed E-state index contributed by atoms with van der Waals surface area (Å²) in [5, 5.41) is 2.86. The van der Waals surface area contributed by atoms with E-state index in [-0.39, 0.29) is 23.4 Å². The van der Waals surface area contributed by atoms with Crippen LogP contribution in [-0.4, -0.2) is 44.0 Å². The largest absolute Gasteiger partial charge is 0.457 e. The van der Waals surface area contributed by atoms with Gasteiger partial charge in [-0.25, -0.2) is 12.7 Å². The lowest BCUT2D eigenvalue weighted by atomic mass is 10.1. The number of benzene rings is 2. The quantitative estimate of drug-likeness (QED) is 0.767. The van der Waals surface area contributed by atoms with Gasteiger partial charge in [-0.1, -0.05) is 12.1 Å². The molecule has 3 rings (SSSR count). The number of alkyl halides is 3. The summed E-state index contributed by atoms with van der Waals surface area (Å²) in [6.07, 6.45) is -2.33. The zero-order valence-corrected chi connectivity index (χ0v) is 17.0. The molecule has 0 aromatic heterocycles. The second-order valence-electron chi connectivity index (χ2n) is 7.07. The molecule has 0 bridgehead atoms. The van der Waals surface area contributed by atoms with Gasteiger partial charge in [0.15, 0.2) is 0 Å². The van der Waals surface area contributed by atoms with Gasteiger partial charge in [0.1, 0.15) is 11.5 Å². The van der Waals surface area contributed by atoms with E-state index in [2.05, 4.69) is 5.32 Å². The summed E-state index contributed by atoms with van der Waals surface area (Å²) in [4.78, 5) is 12.5. The van der Waals surface area contributed by atoms with Crippen molar-refractivity contribution in [2.45, 2.75) is 25.1 Å². The normalized spacial score (nSPS) is 16.3. The minimum atomic E-state index is -4.48. The van der Waals surface area contributed by atoms with Crippen molar-refractivity contribution in [1.82, 2.24) is 9.62 Å². The van der Waals surface area contributed by atoms with Crippen molar-refractivity contribution in [2.75, 3.05) is 19.3 Å². The van der Waals surface area contributed by atoms with Gasteiger partial charge in [0.2, 0.25) is 10.0 Å². The van der Waals surface area contributed by atoms with Gasteiger partial charge in [0.25, 0.3) is 5.91 Å². The third-order valence-corrected chi connectivity index (χ3v) is 6.05. The summed E-state index contributed by atoms with van der Waals surface area (Å²) in [6, 6.07) is 10.5. The van der Waals surface area contributed by atoms with Crippen LogP contribution in [0.25, 0.3) is 0 Å². The Morgan fingerprint density at radius 2 is 1.67 bits per heavy atom. The molecule has 2 aromatic rings. The molecule has 1 aliphatic rings. The number of piperidine rings is 1. The van der Waals surface area contributed by atoms with Crippen LogP contribution in [0.2, 0.25) is 0 Å². The third-order valence-electron chi connectivity index (χ3n) is 4.75. The average molecular weight is 442 g/mol. The smallest absolute Gasteiger partial charge is 0.416 e. The van der Waals surface area contributed by atoms with Crippen LogP contribution >= 0.6 is 0 Å². The second-order valence-corrected chi connectivity index (χ2v) is 9.05. The number of halogens is 3. The van der Waals surface area contributed by atoms with Crippen molar-refractivity contribution in [3.63, 3.8) is 0 Å². The molecule has 0 radical (unpaired) electrons. The molecular weight excluding hydrogens is 421 g/mol. The van der Waals surface area contributed by atoms with Crippen LogP contribution in [0.4, 0.5) is 13.2 Å². The number of ether oxygens (including phenoxy) is 1. The van der Waals surface area contributed by atoms with E-state index in [0.717, 1.165) is 18.4 Å². The molecule has 0 atom stereocenters. The van der Waals surface area contributed by atoms with E-state index in [1.54, 1.807) is 18.2 Å². The molecule has 0 aliphatic carbocycles. The molecule has 10 heteroatoms. The highest BCUT2D eigenvalue weighted by atomic mass is 32.2. The van der Waals surface area contributed by atoms with Crippen LogP contribution in [0.15, 0.2) is 48.5 Å². The summed E-state index contributed by atoms with van der Waals surface area (Å²) in [5.74, 6) is -0.119. The Kier molecular flexibility index (Phi) is 6.37. The van der Waals surface area contributed by atoms with Crippen LogP contribution in [0.5, 0.6) is 11.5 Å². The minimum absolute atomic E-state index is 0.00975. The topological polar surface area (TPSA) is 75.7 Å². The first kappa shape index (κ1) is 22.1. The number of hydrogen-bond acceptors (Lipinski definition) is 4. The first-order valence-corrected chi connectivity index (χ1v) is 11.1. The maximum atomic E-state index is 12.8. The lowest BCUT2D eigenvalue weighted by molar-refractivity contribution is -0.137. The van der Waals surface area contributed by atoms with E-state index in [1.165, 1.54) is 22.5 Å². The van der Waals surface area contributed by atoms with Gasteiger partial charge in [-0.05, 0) is 49.2 Å². The summed E-state index contributed by atoms with van der Waals surface area (Å²) in [5.41, 5.74) is -0.528. The molecule has 30 heavy (non-hydrogen) atoms. The SMILES string of the molecule is CS(=O)(=O)N1CCC(NC(=O)c2cccc(Oc3cccc(C(F)(F)F)c3)c2)CC1. The Hall–Kier alpha value is -2.59. The molecule has 1 N–H and O–H groups in total. The van der Waals surface area contributed by atoms with Crippen molar-refractivity contribution < 1.29 is 31.1 Å². The third kappa shape index (κ3) is 5.73. The van der Waals surface area contributed by atoms with Gasteiger partial charge in [-0.2, -0.15) is 13.2 Å². The number of hydrogen-bond donors (Lipinski definition) is 1. The van der Waals surface area contributed by atoms with Gasteiger partial charge in [-0.3, -0.25) is 4.79 Å². The van der Waals surface area contributed by atoms with Crippen molar-refractivity contribution in [3.8, 4) is 11.5 Å². The van der Waals surface area contributed by atoms with Gasteiger partial charge in [0, 0.05) is 24.7 Å². The average Bonchev–Trinajstić information content (AvgIpc) is 2.67. The molecule has 6 nitrogen and oxygen atoms in total. The number of rotatable bonds is 5. The van der Waals surface area contributed by atoms with Crippen molar-refractivity contribution in [3.05, 3.63) is 59.7 Å². The lowest BCUT2D eigenvalue weighted by Gasteiger charge is -2.30. The molecule has 2 aromatic carbocycles. The Morgan fingerprint density at radius 1 is 1.07 bits per heavy atom. The predicted octanol–water partition coefficient (Wildman–Crippen LogP) is 3.65. The molecule has 0 unspecified atom stereocenters. The Morgan fingerprint density at radius 3 is 2.27 bits per heavy atom. The standard InChI is InChI=1S/C20H21F3N2O4S/c1-30(27,28)25-10-8-16(9-11-25)24-19(26)14-4-2-6-17(12-14)29-18-7-3-5-15(13-18)20(21,22)23/h2-7,12-13,16H,8-11H2,1H3,(H,24,26). The molecule has 1 fully saturated rings. The lowest BCUT2D eigenvalue weighted by Crippen LogP contribution is -2.46. The summed E-state index contributed by atoms with van der Waals surface area (Å²) in [7, 11) is -3.24. The highest BCUT2D eigenvalue weighted by Crippen LogP contribution is 2.32. The van der Waals surface area contributed by atoms with Crippen molar-refractivity contribution in [1.29, 1.82) is 0 Å². The van der Waals surface area contributed by atoms with E-state index in [0.29, 0.717) is 31.5 Å². The van der Waals surface area contributed by atoms with Gasteiger partial charge >= 0.3 is 6.18 Å². The molecule has 0 spiro atoms. The molecule has 162 valence electrons. The zero-order valence-electron chi connectivity index (χ0n) is 16.1. The van der Waals surface area contributed by atoms with E-state index in [9.17, 15) is 26.4 Å². The number of nitrogens with one attached hydrogen (secondary N) is 1. The van der Waals surface area contributed by atoms with E-state index < -0.39 is 21.8 Å². The van der Waals surface area contributed by atoms with Crippen LogP contribution in [0.1, 0.15) is 28.8 Å². The minimum Gasteiger partial charge on any atom is -0.457 e. The van der Waals surface area contributed by atoms with E-state index in [1.807, 2.05) is 0 Å². The first-order chi connectivity index (χ1) is 14.0. The Labute approximate surface area is 172 Å². The Balaban J connectivity index is 1.64. The van der Waals surface area contributed by atoms with Gasteiger partial charge in [0.05, 0.1) is 11.8 Å². The molecule has 1 heterocycles. The number of nitrogens with zero attached hydrogens (tertiary/aromatic N) is 1. The first-order valence-electron chi connectivity index (χ1n) is 9.23. The molecular formula is C20H21F3N2O4S. The second kappa shape index (κ2) is 8.65. The molecule has 0 saturated carbocycles. The zero-order chi connectivity index (χ0) is 21.9.